The molecule has 11 heavy (non-hydrogen) atoms. The third-order valence-electron chi connectivity index (χ3n) is 1.29. The Hall–Kier alpha value is -1.16. The van der Waals surface area contributed by atoms with E-state index >= 15 is 0 Å². The number of allylic oxidation sites excluding steroid dienone is 3. The number of ether oxygens (including phenoxy) is 1. The first kappa shape index (κ1) is 7.94. The van der Waals surface area contributed by atoms with E-state index in [1.54, 1.807) is 0 Å². The van der Waals surface area contributed by atoms with Gasteiger partial charge in [0, 0.05) is 12.5 Å². The van der Waals surface area contributed by atoms with Crippen molar-refractivity contribution in [2.24, 2.45) is 0 Å². The molecule has 0 radical (unpaired) electrons. The van der Waals surface area contributed by atoms with Gasteiger partial charge in [0.1, 0.15) is 5.76 Å². The first-order chi connectivity index (χ1) is 5.43. The molecule has 0 unspecified atom stereocenters. The predicted molar refractivity (Wildman–Crippen MR) is 45.9 cm³/mol. The van der Waals surface area contributed by atoms with E-state index in [4.69, 9.17) is 4.74 Å². The van der Waals surface area contributed by atoms with Crippen molar-refractivity contribution in [3.05, 3.63) is 24.0 Å². The van der Waals surface area contributed by atoms with Crippen LogP contribution in [0.3, 0.4) is 0 Å². The summed E-state index contributed by atoms with van der Waals surface area (Å²) in [7, 11) is 0. The molecule has 0 amide bonds. The lowest BCUT2D eigenvalue weighted by Gasteiger charge is -2.02. The maximum absolute atomic E-state index is 5.38. The van der Waals surface area contributed by atoms with Gasteiger partial charge in [0.05, 0.1) is 6.61 Å². The second-order valence-corrected chi connectivity index (χ2v) is 2.32. The van der Waals surface area contributed by atoms with E-state index in [9.17, 15) is 0 Å². The predicted octanol–water partition coefficient (Wildman–Crippen LogP) is 2.26. The second kappa shape index (κ2) is 4.62. The first-order valence-corrected chi connectivity index (χ1v) is 3.91. The minimum atomic E-state index is 0.776. The molecule has 1 nitrogen and oxygen atoms in total. The van der Waals surface area contributed by atoms with Crippen LogP contribution in [0.4, 0.5) is 0 Å². The van der Waals surface area contributed by atoms with Crippen LogP contribution in [0.2, 0.25) is 0 Å². The molecule has 0 aromatic carbocycles. The lowest BCUT2D eigenvalue weighted by molar-refractivity contribution is 0.225. The third-order valence-corrected chi connectivity index (χ3v) is 1.29. The average molecular weight is 148 g/mol. The Bertz CT molecular complexity index is 225. The van der Waals surface area contributed by atoms with Crippen molar-refractivity contribution in [1.29, 1.82) is 0 Å². The molecule has 1 rings (SSSR count). The highest BCUT2D eigenvalue weighted by Crippen LogP contribution is 2.02. The zero-order valence-electron chi connectivity index (χ0n) is 6.76. The highest BCUT2D eigenvalue weighted by molar-refractivity contribution is 5.29. The summed E-state index contributed by atoms with van der Waals surface area (Å²) < 4.78 is 5.38. The summed E-state index contributed by atoms with van der Waals surface area (Å²) in [4.78, 5) is 0. The van der Waals surface area contributed by atoms with Gasteiger partial charge in [-0.25, -0.2) is 0 Å². The quantitative estimate of drug-likeness (QED) is 0.558. The molecule has 0 aliphatic heterocycles. The molecule has 1 aliphatic rings. The van der Waals surface area contributed by atoms with Gasteiger partial charge in [0.2, 0.25) is 0 Å². The molecular formula is C10H12O. The van der Waals surface area contributed by atoms with Gasteiger partial charge in [-0.05, 0) is 12.5 Å². The minimum Gasteiger partial charge on any atom is -0.493 e. The lowest BCUT2D eigenvalue weighted by atomic mass is 10.4. The van der Waals surface area contributed by atoms with Crippen molar-refractivity contribution in [2.75, 3.05) is 6.61 Å². The van der Waals surface area contributed by atoms with E-state index in [-0.39, 0.29) is 0 Å². The molecule has 0 aromatic rings. The van der Waals surface area contributed by atoms with Crippen molar-refractivity contribution in [2.45, 2.75) is 19.8 Å². The maximum atomic E-state index is 5.38. The van der Waals surface area contributed by atoms with Crippen LogP contribution < -0.4 is 0 Å². The molecule has 0 spiro atoms. The van der Waals surface area contributed by atoms with Crippen molar-refractivity contribution in [3.8, 4) is 11.8 Å². The summed E-state index contributed by atoms with van der Waals surface area (Å²) in [6.45, 7) is 2.87. The van der Waals surface area contributed by atoms with E-state index in [1.165, 1.54) is 0 Å². The summed E-state index contributed by atoms with van der Waals surface area (Å²) >= 11 is 0. The van der Waals surface area contributed by atoms with E-state index in [1.807, 2.05) is 18.2 Å². The summed E-state index contributed by atoms with van der Waals surface area (Å²) in [5.41, 5.74) is 0. The van der Waals surface area contributed by atoms with Crippen LogP contribution in [-0.2, 0) is 4.74 Å². The van der Waals surface area contributed by atoms with Gasteiger partial charge < -0.3 is 4.74 Å². The standard InChI is InChI=1S/C10H12O/c1-2-9-11-10-7-5-3-4-6-8-10/h5,7-8H,2-3,9H2,1H3. The van der Waals surface area contributed by atoms with Gasteiger partial charge in [-0.15, -0.1) is 0 Å². The lowest BCUT2D eigenvalue weighted by Crippen LogP contribution is -1.90. The summed E-state index contributed by atoms with van der Waals surface area (Å²) in [5.74, 6) is 6.75. The zero-order valence-corrected chi connectivity index (χ0v) is 6.76. The number of rotatable bonds is 3. The van der Waals surface area contributed by atoms with Crippen molar-refractivity contribution < 1.29 is 4.74 Å². The molecule has 1 heteroatoms. The van der Waals surface area contributed by atoms with Crippen molar-refractivity contribution in [1.82, 2.24) is 0 Å². The summed E-state index contributed by atoms with van der Waals surface area (Å²) in [5, 5.41) is 0. The minimum absolute atomic E-state index is 0.776. The fourth-order valence-corrected chi connectivity index (χ4v) is 0.773. The fraction of sp³-hybridized carbons (Fsp3) is 0.400. The molecule has 0 fully saturated rings. The normalized spacial score (nSPS) is 14.5. The van der Waals surface area contributed by atoms with Crippen molar-refractivity contribution in [3.63, 3.8) is 0 Å². The van der Waals surface area contributed by atoms with E-state index in [0.717, 1.165) is 25.2 Å². The highest BCUT2D eigenvalue weighted by atomic mass is 16.5. The molecule has 1 aliphatic carbocycles. The van der Waals surface area contributed by atoms with Gasteiger partial charge in [0.25, 0.3) is 0 Å². The van der Waals surface area contributed by atoms with Crippen molar-refractivity contribution >= 4 is 0 Å². The van der Waals surface area contributed by atoms with Crippen LogP contribution in [0.5, 0.6) is 0 Å². The van der Waals surface area contributed by atoms with Crippen LogP contribution in [0, 0.1) is 11.8 Å². The molecule has 0 saturated carbocycles. The number of hydrogen-bond donors (Lipinski definition) is 0. The van der Waals surface area contributed by atoms with Gasteiger partial charge in [0.15, 0.2) is 0 Å². The van der Waals surface area contributed by atoms with Crippen LogP contribution >= 0.6 is 0 Å². The van der Waals surface area contributed by atoms with Crippen LogP contribution in [0.25, 0.3) is 0 Å². The Morgan fingerprint density at radius 3 is 3.36 bits per heavy atom. The van der Waals surface area contributed by atoms with E-state index in [2.05, 4.69) is 18.8 Å². The Morgan fingerprint density at radius 1 is 1.64 bits per heavy atom. The summed E-state index contributed by atoms with van der Waals surface area (Å²) in [6, 6.07) is 0. The number of hydrogen-bond acceptors (Lipinski definition) is 1. The Labute approximate surface area is 67.8 Å². The maximum Gasteiger partial charge on any atom is 0.127 e. The molecule has 0 bridgehead atoms. The third kappa shape index (κ3) is 2.95. The van der Waals surface area contributed by atoms with Gasteiger partial charge >= 0.3 is 0 Å². The molecule has 58 valence electrons. The zero-order chi connectivity index (χ0) is 7.94. The second-order valence-electron chi connectivity index (χ2n) is 2.32. The van der Waals surface area contributed by atoms with Crippen LogP contribution in [-0.4, -0.2) is 6.61 Å². The van der Waals surface area contributed by atoms with Gasteiger partial charge in [-0.1, -0.05) is 24.8 Å². The summed E-state index contributed by atoms with van der Waals surface area (Å²) in [6.07, 6.45) is 7.66. The Morgan fingerprint density at radius 2 is 2.55 bits per heavy atom. The first-order valence-electron chi connectivity index (χ1n) is 3.91. The van der Waals surface area contributed by atoms with Crippen LogP contribution in [0.1, 0.15) is 19.8 Å². The van der Waals surface area contributed by atoms with Gasteiger partial charge in [-0.3, -0.25) is 0 Å². The van der Waals surface area contributed by atoms with E-state index in [0.29, 0.717) is 0 Å². The Kier molecular flexibility index (Phi) is 3.34. The molecule has 0 aromatic heterocycles. The average Bonchev–Trinajstić information content (AvgIpc) is 2.28. The topological polar surface area (TPSA) is 9.23 Å². The van der Waals surface area contributed by atoms with Crippen LogP contribution in [0.15, 0.2) is 24.0 Å². The monoisotopic (exact) mass is 148 g/mol. The van der Waals surface area contributed by atoms with E-state index < -0.39 is 0 Å². The smallest absolute Gasteiger partial charge is 0.127 e. The molecule has 0 heterocycles. The van der Waals surface area contributed by atoms with Gasteiger partial charge in [-0.2, -0.15) is 0 Å². The highest BCUT2D eigenvalue weighted by Gasteiger charge is 1.91. The SMILES string of the molecule is CCCOC1=CC#CCC=C1. The molecular weight excluding hydrogens is 136 g/mol. The fourth-order valence-electron chi connectivity index (χ4n) is 0.773. The molecule has 0 atom stereocenters. The molecule has 0 saturated heterocycles. The Balaban J connectivity index is 2.44. The largest absolute Gasteiger partial charge is 0.493 e. The molecule has 0 N–H and O–H groups in total.